The average molecular weight is 415 g/mol. The standard InChI is InChI=1S/C21H32N6O.C2H6/c1-5-11-27(12-6-2)20-15-19(24-21(25-20)28-13-10-22-4)16-23-26-18-9-7-8-17(3)14-18;1-2/h7-9,14-16,22,26H,5-6,10-13H2,1-4H3;1-2H3/b23-16+;. The maximum absolute atomic E-state index is 5.72. The molecule has 2 N–H and O–H groups in total. The van der Waals surface area contributed by atoms with Crippen molar-refractivity contribution in [2.45, 2.75) is 47.5 Å². The Morgan fingerprint density at radius 2 is 1.83 bits per heavy atom. The van der Waals surface area contributed by atoms with Crippen molar-refractivity contribution < 1.29 is 4.74 Å². The number of aryl methyl sites for hydroxylation is 1. The first kappa shape index (κ1) is 25.4. The molecule has 7 nitrogen and oxygen atoms in total. The van der Waals surface area contributed by atoms with Gasteiger partial charge in [-0.3, -0.25) is 5.43 Å². The minimum Gasteiger partial charge on any atom is -0.462 e. The van der Waals surface area contributed by atoms with Crippen molar-refractivity contribution in [2.75, 3.05) is 43.6 Å². The fourth-order valence-electron chi connectivity index (χ4n) is 2.74. The van der Waals surface area contributed by atoms with Gasteiger partial charge in [0, 0.05) is 25.7 Å². The molecule has 0 aliphatic carbocycles. The molecule has 0 saturated carbocycles. The summed E-state index contributed by atoms with van der Waals surface area (Å²) in [6.45, 7) is 13.5. The summed E-state index contributed by atoms with van der Waals surface area (Å²) in [5.41, 5.74) is 5.88. The van der Waals surface area contributed by atoms with E-state index in [0.717, 1.165) is 44.0 Å². The molecule has 0 atom stereocenters. The highest BCUT2D eigenvalue weighted by Gasteiger charge is 2.11. The molecule has 166 valence electrons. The Balaban J connectivity index is 0.00000218. The SMILES string of the molecule is CC.CCCN(CCC)c1cc(/C=N/Nc2cccc(C)c2)nc(OCCNC)n1. The number of ether oxygens (including phenoxy) is 1. The molecule has 0 bridgehead atoms. The lowest BCUT2D eigenvalue weighted by Gasteiger charge is -2.23. The van der Waals surface area contributed by atoms with Gasteiger partial charge in [-0.15, -0.1) is 0 Å². The van der Waals surface area contributed by atoms with E-state index in [2.05, 4.69) is 57.5 Å². The van der Waals surface area contributed by atoms with Gasteiger partial charge in [0.2, 0.25) is 0 Å². The van der Waals surface area contributed by atoms with Crippen molar-refractivity contribution in [2.24, 2.45) is 5.10 Å². The van der Waals surface area contributed by atoms with Gasteiger partial charge in [-0.25, -0.2) is 0 Å². The monoisotopic (exact) mass is 414 g/mol. The number of nitrogens with one attached hydrogen (secondary N) is 2. The fraction of sp³-hybridized carbons (Fsp3) is 0.522. The smallest absolute Gasteiger partial charge is 0.319 e. The molecule has 1 heterocycles. The summed E-state index contributed by atoms with van der Waals surface area (Å²) in [5, 5.41) is 7.39. The van der Waals surface area contributed by atoms with E-state index in [9.17, 15) is 0 Å². The molecule has 0 saturated heterocycles. The van der Waals surface area contributed by atoms with Gasteiger partial charge in [-0.1, -0.05) is 39.8 Å². The van der Waals surface area contributed by atoms with Crippen LogP contribution in [0.5, 0.6) is 6.01 Å². The van der Waals surface area contributed by atoms with E-state index in [0.29, 0.717) is 18.3 Å². The molecule has 1 aromatic heterocycles. The lowest BCUT2D eigenvalue weighted by Crippen LogP contribution is -2.26. The molecule has 2 aromatic rings. The van der Waals surface area contributed by atoms with Crippen LogP contribution < -0.4 is 20.4 Å². The van der Waals surface area contributed by atoms with E-state index in [4.69, 9.17) is 4.74 Å². The van der Waals surface area contributed by atoms with Crippen LogP contribution in [-0.2, 0) is 0 Å². The van der Waals surface area contributed by atoms with Crippen LogP contribution in [0.4, 0.5) is 11.5 Å². The lowest BCUT2D eigenvalue weighted by molar-refractivity contribution is 0.293. The van der Waals surface area contributed by atoms with Crippen molar-refractivity contribution in [3.63, 3.8) is 0 Å². The van der Waals surface area contributed by atoms with Gasteiger partial charge >= 0.3 is 6.01 Å². The first-order valence-corrected chi connectivity index (χ1v) is 10.9. The molecule has 0 unspecified atom stereocenters. The molecule has 0 amide bonds. The first-order valence-electron chi connectivity index (χ1n) is 10.9. The zero-order chi connectivity index (χ0) is 22.2. The topological polar surface area (TPSA) is 74.7 Å². The molecule has 0 radical (unpaired) electrons. The highest BCUT2D eigenvalue weighted by Crippen LogP contribution is 2.17. The molecule has 0 fully saturated rings. The molecule has 0 spiro atoms. The summed E-state index contributed by atoms with van der Waals surface area (Å²) in [7, 11) is 1.89. The third kappa shape index (κ3) is 9.22. The van der Waals surface area contributed by atoms with Crippen molar-refractivity contribution in [3.05, 3.63) is 41.6 Å². The number of benzene rings is 1. The van der Waals surface area contributed by atoms with Crippen LogP contribution in [0, 0.1) is 6.92 Å². The Hall–Kier alpha value is -2.67. The number of aromatic nitrogens is 2. The zero-order valence-corrected chi connectivity index (χ0v) is 19.4. The van der Waals surface area contributed by atoms with Crippen LogP contribution in [0.2, 0.25) is 0 Å². The third-order valence-electron chi connectivity index (χ3n) is 4.01. The van der Waals surface area contributed by atoms with E-state index in [1.807, 2.05) is 45.2 Å². The highest BCUT2D eigenvalue weighted by molar-refractivity contribution is 5.79. The fourth-order valence-corrected chi connectivity index (χ4v) is 2.74. The average Bonchev–Trinajstić information content (AvgIpc) is 2.75. The van der Waals surface area contributed by atoms with Gasteiger partial charge < -0.3 is 15.0 Å². The normalized spacial score (nSPS) is 10.5. The Bertz CT molecular complexity index is 744. The lowest BCUT2D eigenvalue weighted by atomic mass is 10.2. The molecule has 0 aliphatic rings. The largest absolute Gasteiger partial charge is 0.462 e. The van der Waals surface area contributed by atoms with E-state index >= 15 is 0 Å². The summed E-state index contributed by atoms with van der Waals surface area (Å²) in [6.07, 6.45) is 3.81. The Labute approximate surface area is 182 Å². The molecule has 2 rings (SSSR count). The maximum Gasteiger partial charge on any atom is 0.319 e. The summed E-state index contributed by atoms with van der Waals surface area (Å²) in [6, 6.07) is 10.4. The van der Waals surface area contributed by atoms with Crippen LogP contribution in [0.25, 0.3) is 0 Å². The second-order valence-electron chi connectivity index (χ2n) is 6.61. The van der Waals surface area contributed by atoms with Crippen LogP contribution in [0.3, 0.4) is 0 Å². The first-order chi connectivity index (χ1) is 14.7. The second-order valence-corrected chi connectivity index (χ2v) is 6.61. The number of nitrogens with zero attached hydrogens (tertiary/aromatic N) is 4. The Morgan fingerprint density at radius 1 is 1.10 bits per heavy atom. The van der Waals surface area contributed by atoms with Gasteiger partial charge in [0.1, 0.15) is 12.4 Å². The molecule has 0 aliphatic heterocycles. The molecule has 1 aromatic carbocycles. The molecule has 7 heteroatoms. The van der Waals surface area contributed by atoms with Crippen LogP contribution in [0.1, 0.15) is 51.8 Å². The molecular formula is C23H38N6O. The zero-order valence-electron chi connectivity index (χ0n) is 19.4. The third-order valence-corrected chi connectivity index (χ3v) is 4.01. The highest BCUT2D eigenvalue weighted by atomic mass is 16.5. The van der Waals surface area contributed by atoms with E-state index in [-0.39, 0.29) is 0 Å². The Morgan fingerprint density at radius 3 is 2.47 bits per heavy atom. The van der Waals surface area contributed by atoms with E-state index < -0.39 is 0 Å². The van der Waals surface area contributed by atoms with Crippen LogP contribution >= 0.6 is 0 Å². The van der Waals surface area contributed by atoms with Crippen molar-refractivity contribution in [1.29, 1.82) is 0 Å². The van der Waals surface area contributed by atoms with Crippen molar-refractivity contribution >= 4 is 17.7 Å². The summed E-state index contributed by atoms with van der Waals surface area (Å²) >= 11 is 0. The van der Waals surface area contributed by atoms with Gasteiger partial charge in [0.25, 0.3) is 0 Å². The summed E-state index contributed by atoms with van der Waals surface area (Å²) in [4.78, 5) is 11.3. The number of anilines is 2. The van der Waals surface area contributed by atoms with Gasteiger partial charge in [0.15, 0.2) is 0 Å². The van der Waals surface area contributed by atoms with Crippen molar-refractivity contribution in [1.82, 2.24) is 15.3 Å². The second kappa shape index (κ2) is 15.2. The molecule has 30 heavy (non-hydrogen) atoms. The molecular weight excluding hydrogens is 376 g/mol. The van der Waals surface area contributed by atoms with Gasteiger partial charge in [0.05, 0.1) is 17.6 Å². The van der Waals surface area contributed by atoms with Crippen molar-refractivity contribution in [3.8, 4) is 6.01 Å². The number of likely N-dealkylation sites (N-methyl/N-ethyl adjacent to an activating group) is 1. The number of hydrogen-bond donors (Lipinski definition) is 2. The minimum atomic E-state index is 0.377. The predicted octanol–water partition coefficient (Wildman–Crippen LogP) is 4.48. The summed E-state index contributed by atoms with van der Waals surface area (Å²) in [5.74, 6) is 0.871. The number of hydrogen-bond acceptors (Lipinski definition) is 7. The van der Waals surface area contributed by atoms with Crippen LogP contribution in [-0.4, -0.2) is 49.5 Å². The summed E-state index contributed by atoms with van der Waals surface area (Å²) < 4.78 is 5.72. The maximum atomic E-state index is 5.72. The Kier molecular flexibility index (Phi) is 12.9. The van der Waals surface area contributed by atoms with E-state index in [1.165, 1.54) is 5.56 Å². The van der Waals surface area contributed by atoms with Gasteiger partial charge in [-0.2, -0.15) is 15.1 Å². The predicted molar refractivity (Wildman–Crippen MR) is 128 cm³/mol. The van der Waals surface area contributed by atoms with E-state index in [1.54, 1.807) is 6.21 Å². The van der Waals surface area contributed by atoms with Gasteiger partial charge in [-0.05, 0) is 44.5 Å². The number of hydrazone groups is 1. The quantitative estimate of drug-likeness (QED) is 0.303. The van der Waals surface area contributed by atoms with Crippen LogP contribution in [0.15, 0.2) is 35.4 Å². The minimum absolute atomic E-state index is 0.377. The number of rotatable bonds is 12.